The molecule has 0 spiro atoms. The molecule has 0 aliphatic carbocycles. The molecule has 2 aliphatic heterocycles. The van der Waals surface area contributed by atoms with Crippen LogP contribution >= 0.6 is 11.3 Å². The highest BCUT2D eigenvalue weighted by Gasteiger charge is 2.44. The number of para-hydroxylation sites is 1. The third kappa shape index (κ3) is 3.73. The zero-order valence-corrected chi connectivity index (χ0v) is 16.8. The zero-order valence-electron chi connectivity index (χ0n) is 16.0. The lowest BCUT2D eigenvalue weighted by atomic mass is 10.1. The van der Waals surface area contributed by atoms with E-state index < -0.39 is 0 Å². The average molecular weight is 410 g/mol. The number of likely N-dealkylation sites (tertiary alicyclic amines) is 2. The summed E-state index contributed by atoms with van der Waals surface area (Å²) in [5.74, 6) is 0.659. The molecule has 2 aliphatic rings. The van der Waals surface area contributed by atoms with E-state index in [-0.39, 0.29) is 18.6 Å². The number of carbonyl (C=O) groups is 1. The number of ether oxygens (including phenoxy) is 1. The summed E-state index contributed by atoms with van der Waals surface area (Å²) in [6.45, 7) is 2.27. The average Bonchev–Trinajstić information content (AvgIpc) is 3.46. The molecule has 1 aromatic heterocycles. The number of aliphatic hydroxyl groups excluding tert-OH is 1. The lowest BCUT2D eigenvalue weighted by Crippen LogP contribution is -2.49. The Hall–Kier alpha value is -2.48. The Labute approximate surface area is 173 Å². The van der Waals surface area contributed by atoms with Crippen molar-refractivity contribution >= 4 is 27.5 Å². The number of fused-ring (bicyclic) bond motifs is 3. The van der Waals surface area contributed by atoms with Crippen molar-refractivity contribution in [2.45, 2.75) is 24.9 Å². The molecule has 3 heterocycles. The van der Waals surface area contributed by atoms with Gasteiger partial charge in [0.2, 0.25) is 5.91 Å². The lowest BCUT2D eigenvalue weighted by molar-refractivity contribution is -0.136. The lowest BCUT2D eigenvalue weighted by Gasteiger charge is -2.34. The van der Waals surface area contributed by atoms with Crippen LogP contribution in [0.5, 0.6) is 10.9 Å². The van der Waals surface area contributed by atoms with Gasteiger partial charge in [-0.15, -0.1) is 0 Å². The normalized spacial score (nSPS) is 21.2. The minimum absolute atomic E-state index is 0.138. The Morgan fingerprint density at radius 1 is 1.14 bits per heavy atom. The van der Waals surface area contributed by atoms with E-state index in [4.69, 9.17) is 9.84 Å². The molecule has 2 bridgehead atoms. The molecule has 29 heavy (non-hydrogen) atoms. The molecule has 7 heteroatoms. The molecular formula is C22H23N3O3S. The minimum Gasteiger partial charge on any atom is -0.431 e. The predicted molar refractivity (Wildman–Crippen MR) is 112 cm³/mol. The highest BCUT2D eigenvalue weighted by molar-refractivity contribution is 7.20. The van der Waals surface area contributed by atoms with Crippen LogP contribution in [0.2, 0.25) is 0 Å². The molecule has 2 unspecified atom stereocenters. The van der Waals surface area contributed by atoms with Crippen LogP contribution in [0.4, 0.5) is 0 Å². The van der Waals surface area contributed by atoms with Crippen LogP contribution in [0.1, 0.15) is 12.0 Å². The van der Waals surface area contributed by atoms with E-state index in [0.717, 1.165) is 48.4 Å². The zero-order chi connectivity index (χ0) is 19.8. The van der Waals surface area contributed by atoms with Crippen molar-refractivity contribution in [3.05, 3.63) is 54.1 Å². The summed E-state index contributed by atoms with van der Waals surface area (Å²) in [5, 5.41) is 9.74. The van der Waals surface area contributed by atoms with Crippen molar-refractivity contribution in [3.8, 4) is 10.9 Å². The SMILES string of the molecule is O=C(CO)N1CC2CC1CN2CCc1ccc(Oc2nc3ccccc3s2)cc1. The van der Waals surface area contributed by atoms with E-state index in [2.05, 4.69) is 22.0 Å². The van der Waals surface area contributed by atoms with Crippen molar-refractivity contribution in [2.75, 3.05) is 26.2 Å². The Morgan fingerprint density at radius 2 is 1.97 bits per heavy atom. The van der Waals surface area contributed by atoms with Gasteiger partial charge in [0.25, 0.3) is 5.19 Å². The van der Waals surface area contributed by atoms with Crippen LogP contribution in [0.25, 0.3) is 10.2 Å². The molecule has 1 amide bonds. The van der Waals surface area contributed by atoms with Gasteiger partial charge in [0.15, 0.2) is 0 Å². The first kappa shape index (κ1) is 18.5. The van der Waals surface area contributed by atoms with Gasteiger partial charge in [0.1, 0.15) is 12.4 Å². The van der Waals surface area contributed by atoms with Gasteiger partial charge in [-0.25, -0.2) is 4.98 Å². The molecule has 2 saturated heterocycles. The van der Waals surface area contributed by atoms with E-state index >= 15 is 0 Å². The maximum Gasteiger partial charge on any atom is 0.279 e. The number of thiazole rings is 1. The molecule has 150 valence electrons. The van der Waals surface area contributed by atoms with Gasteiger partial charge in [-0.3, -0.25) is 9.69 Å². The first-order valence-electron chi connectivity index (χ1n) is 9.96. The summed E-state index contributed by atoms with van der Waals surface area (Å²) in [4.78, 5) is 20.6. The van der Waals surface area contributed by atoms with Gasteiger partial charge in [-0.05, 0) is 42.7 Å². The summed E-state index contributed by atoms with van der Waals surface area (Å²) in [6, 6.07) is 16.9. The fourth-order valence-corrected chi connectivity index (χ4v) is 5.25. The number of carbonyl (C=O) groups excluding carboxylic acids is 1. The number of nitrogens with zero attached hydrogens (tertiary/aromatic N) is 3. The second-order valence-corrected chi connectivity index (χ2v) is 8.68. The third-order valence-electron chi connectivity index (χ3n) is 5.90. The van der Waals surface area contributed by atoms with Gasteiger partial charge >= 0.3 is 0 Å². The van der Waals surface area contributed by atoms with Crippen molar-refractivity contribution in [3.63, 3.8) is 0 Å². The van der Waals surface area contributed by atoms with Crippen LogP contribution in [-0.2, 0) is 11.2 Å². The number of hydrogen-bond acceptors (Lipinski definition) is 6. The molecule has 2 aromatic carbocycles. The summed E-state index contributed by atoms with van der Waals surface area (Å²) < 4.78 is 7.04. The third-order valence-corrected chi connectivity index (χ3v) is 6.81. The van der Waals surface area contributed by atoms with Gasteiger partial charge in [-0.2, -0.15) is 0 Å². The number of aromatic nitrogens is 1. The number of benzene rings is 2. The Bertz CT molecular complexity index is 987. The first-order valence-corrected chi connectivity index (χ1v) is 10.8. The van der Waals surface area contributed by atoms with Crippen LogP contribution in [0, 0.1) is 0 Å². The minimum atomic E-state index is -0.380. The summed E-state index contributed by atoms with van der Waals surface area (Å²) >= 11 is 1.55. The maximum atomic E-state index is 11.7. The molecule has 2 atom stereocenters. The van der Waals surface area contributed by atoms with Crippen LogP contribution in [-0.4, -0.2) is 64.1 Å². The summed E-state index contributed by atoms with van der Waals surface area (Å²) in [6.07, 6.45) is 2.00. The predicted octanol–water partition coefficient (Wildman–Crippen LogP) is 2.91. The van der Waals surface area contributed by atoms with Crippen molar-refractivity contribution in [2.24, 2.45) is 0 Å². The highest BCUT2D eigenvalue weighted by Crippen LogP contribution is 2.32. The summed E-state index contributed by atoms with van der Waals surface area (Å²) in [5.41, 5.74) is 2.23. The van der Waals surface area contributed by atoms with Gasteiger partial charge in [0, 0.05) is 31.7 Å². The number of hydrogen-bond donors (Lipinski definition) is 1. The molecule has 6 nitrogen and oxygen atoms in total. The Kier molecular flexibility index (Phi) is 4.95. The number of aliphatic hydroxyl groups is 1. The van der Waals surface area contributed by atoms with Crippen molar-refractivity contribution in [1.82, 2.24) is 14.8 Å². The first-order chi connectivity index (χ1) is 14.2. The second kappa shape index (κ2) is 7.74. The standard InChI is InChI=1S/C22H23N3O3S/c26-14-21(27)25-13-16-11-17(25)12-24(16)10-9-15-5-7-18(8-6-15)28-22-23-19-3-1-2-4-20(19)29-22/h1-8,16-17,26H,9-14H2. The molecule has 2 fully saturated rings. The molecule has 3 aromatic rings. The number of amides is 1. The van der Waals surface area contributed by atoms with E-state index in [9.17, 15) is 4.79 Å². The fourth-order valence-electron chi connectivity index (χ4n) is 4.41. The van der Waals surface area contributed by atoms with Gasteiger partial charge < -0.3 is 14.7 Å². The van der Waals surface area contributed by atoms with E-state index in [1.54, 1.807) is 11.3 Å². The fraction of sp³-hybridized carbons (Fsp3) is 0.364. The van der Waals surface area contributed by atoms with E-state index in [1.165, 1.54) is 5.56 Å². The van der Waals surface area contributed by atoms with E-state index in [0.29, 0.717) is 11.2 Å². The van der Waals surface area contributed by atoms with Crippen LogP contribution < -0.4 is 4.74 Å². The molecule has 0 saturated carbocycles. The second-order valence-electron chi connectivity index (χ2n) is 7.69. The van der Waals surface area contributed by atoms with Crippen molar-refractivity contribution < 1.29 is 14.6 Å². The van der Waals surface area contributed by atoms with E-state index in [1.807, 2.05) is 41.3 Å². The number of piperazine rings is 1. The maximum absolute atomic E-state index is 11.7. The molecule has 0 radical (unpaired) electrons. The highest BCUT2D eigenvalue weighted by atomic mass is 32.1. The van der Waals surface area contributed by atoms with Crippen molar-refractivity contribution in [1.29, 1.82) is 0 Å². The molecule has 5 rings (SSSR count). The van der Waals surface area contributed by atoms with Gasteiger partial charge in [0.05, 0.1) is 10.2 Å². The van der Waals surface area contributed by atoms with Crippen LogP contribution in [0.15, 0.2) is 48.5 Å². The monoisotopic (exact) mass is 409 g/mol. The van der Waals surface area contributed by atoms with Crippen LogP contribution in [0.3, 0.4) is 0 Å². The Balaban J connectivity index is 1.15. The molecular weight excluding hydrogens is 386 g/mol. The quantitative estimate of drug-likeness (QED) is 0.678. The number of rotatable bonds is 6. The Morgan fingerprint density at radius 3 is 2.69 bits per heavy atom. The summed E-state index contributed by atoms with van der Waals surface area (Å²) in [7, 11) is 0. The molecule has 1 N–H and O–H groups in total. The smallest absolute Gasteiger partial charge is 0.279 e. The largest absolute Gasteiger partial charge is 0.431 e. The topological polar surface area (TPSA) is 65.9 Å². The van der Waals surface area contributed by atoms with Gasteiger partial charge in [-0.1, -0.05) is 35.6 Å².